The molecule has 0 aliphatic heterocycles. The highest BCUT2D eigenvalue weighted by Gasteiger charge is 2.12. The van der Waals surface area contributed by atoms with E-state index in [1.807, 2.05) is 20.8 Å². The molecule has 0 aromatic heterocycles. The van der Waals surface area contributed by atoms with Crippen LogP contribution in [0, 0.1) is 5.92 Å². The second-order valence-electron chi connectivity index (χ2n) is 3.77. The molecule has 0 aromatic rings. The van der Waals surface area contributed by atoms with E-state index < -0.39 is 0 Å². The van der Waals surface area contributed by atoms with E-state index in [1.54, 1.807) is 0 Å². The monoisotopic (exact) mass is 198 g/mol. The van der Waals surface area contributed by atoms with Crippen LogP contribution in [0.25, 0.3) is 0 Å². The largest absolute Gasteiger partial charge is 0.431 e. The topological polar surface area (TPSA) is 43.4 Å². The Labute approximate surface area is 85.1 Å². The molecule has 80 valence electrons. The van der Waals surface area contributed by atoms with Crippen molar-refractivity contribution in [2.45, 2.75) is 41.0 Å². The van der Waals surface area contributed by atoms with E-state index in [4.69, 9.17) is 4.74 Å². The Bertz CT molecular complexity index is 262. The van der Waals surface area contributed by atoms with Gasteiger partial charge in [0.1, 0.15) is 11.5 Å². The van der Waals surface area contributed by atoms with E-state index in [0.717, 1.165) is 5.57 Å². The smallest absolute Gasteiger partial charge is 0.307 e. The minimum Gasteiger partial charge on any atom is -0.431 e. The molecule has 0 saturated heterocycles. The summed E-state index contributed by atoms with van der Waals surface area (Å²) in [6.45, 7) is 8.57. The Hall–Kier alpha value is -1.12. The van der Waals surface area contributed by atoms with Gasteiger partial charge in [0.15, 0.2) is 0 Å². The first-order chi connectivity index (χ1) is 6.34. The van der Waals surface area contributed by atoms with E-state index in [2.05, 4.69) is 0 Å². The molecular formula is C11H18O3. The van der Waals surface area contributed by atoms with Crippen LogP contribution in [0.3, 0.4) is 0 Å². The van der Waals surface area contributed by atoms with Crippen LogP contribution in [0.1, 0.15) is 41.0 Å². The molecule has 0 rings (SSSR count). The molecule has 3 heteroatoms. The van der Waals surface area contributed by atoms with Gasteiger partial charge in [-0.1, -0.05) is 13.8 Å². The van der Waals surface area contributed by atoms with Crippen molar-refractivity contribution >= 4 is 11.8 Å². The van der Waals surface area contributed by atoms with Gasteiger partial charge in [0, 0.05) is 19.3 Å². The molecule has 14 heavy (non-hydrogen) atoms. The highest BCUT2D eigenvalue weighted by atomic mass is 16.5. The molecule has 0 N–H and O–H groups in total. The third-order valence-electron chi connectivity index (χ3n) is 1.71. The lowest BCUT2D eigenvalue weighted by Gasteiger charge is -2.14. The molecule has 0 aromatic carbocycles. The number of ether oxygens (including phenoxy) is 1. The lowest BCUT2D eigenvalue weighted by Crippen LogP contribution is -2.08. The van der Waals surface area contributed by atoms with Gasteiger partial charge in [-0.2, -0.15) is 0 Å². The second-order valence-corrected chi connectivity index (χ2v) is 3.77. The standard InChI is InChI=1S/C11H18O3/c1-7(2)11(14-10(5)13)8(3)6-9(4)12/h7H,6H2,1-5H3/b11-8-. The van der Waals surface area contributed by atoms with E-state index >= 15 is 0 Å². The zero-order valence-corrected chi connectivity index (χ0v) is 9.51. The van der Waals surface area contributed by atoms with E-state index in [1.165, 1.54) is 13.8 Å². The lowest BCUT2D eigenvalue weighted by atomic mass is 10.0. The molecule has 3 nitrogen and oxygen atoms in total. The van der Waals surface area contributed by atoms with Crippen molar-refractivity contribution in [3.05, 3.63) is 11.3 Å². The van der Waals surface area contributed by atoms with E-state index in [-0.39, 0.29) is 17.7 Å². The summed E-state index contributed by atoms with van der Waals surface area (Å²) in [4.78, 5) is 21.7. The van der Waals surface area contributed by atoms with Crippen LogP contribution in [-0.2, 0) is 14.3 Å². The summed E-state index contributed by atoms with van der Waals surface area (Å²) >= 11 is 0. The Kier molecular flexibility index (Phi) is 5.13. The van der Waals surface area contributed by atoms with Gasteiger partial charge >= 0.3 is 5.97 Å². The summed E-state index contributed by atoms with van der Waals surface area (Å²) in [5.41, 5.74) is 0.836. The molecule has 0 atom stereocenters. The Morgan fingerprint density at radius 2 is 1.64 bits per heavy atom. The zero-order chi connectivity index (χ0) is 11.3. The third-order valence-corrected chi connectivity index (χ3v) is 1.71. The molecule has 0 bridgehead atoms. The summed E-state index contributed by atoms with van der Waals surface area (Å²) in [5, 5.41) is 0. The van der Waals surface area contributed by atoms with Crippen LogP contribution in [0.5, 0.6) is 0 Å². The summed E-state index contributed by atoms with van der Waals surface area (Å²) in [6.07, 6.45) is 0.348. The normalized spacial score (nSPS) is 12.4. The van der Waals surface area contributed by atoms with Crippen LogP contribution >= 0.6 is 0 Å². The first-order valence-electron chi connectivity index (χ1n) is 4.72. The Morgan fingerprint density at radius 3 is 1.93 bits per heavy atom. The number of carbonyl (C=O) groups is 2. The second kappa shape index (κ2) is 5.58. The van der Waals surface area contributed by atoms with Crippen LogP contribution in [-0.4, -0.2) is 11.8 Å². The van der Waals surface area contributed by atoms with Gasteiger partial charge in [0.2, 0.25) is 0 Å². The van der Waals surface area contributed by atoms with E-state index in [0.29, 0.717) is 12.2 Å². The number of allylic oxidation sites excluding steroid dienone is 2. The van der Waals surface area contributed by atoms with Gasteiger partial charge in [-0.05, 0) is 19.4 Å². The van der Waals surface area contributed by atoms with Crippen LogP contribution in [0.15, 0.2) is 11.3 Å². The molecule has 0 heterocycles. The third kappa shape index (κ3) is 4.80. The predicted octanol–water partition coefficient (Wildman–Crippen LogP) is 2.46. The van der Waals surface area contributed by atoms with Crippen molar-refractivity contribution in [1.82, 2.24) is 0 Å². The molecule has 0 aliphatic carbocycles. The number of carbonyl (C=O) groups excluding carboxylic acids is 2. The first kappa shape index (κ1) is 12.9. The minimum absolute atomic E-state index is 0.0767. The fourth-order valence-electron chi connectivity index (χ4n) is 1.31. The molecule has 0 saturated carbocycles. The fourth-order valence-corrected chi connectivity index (χ4v) is 1.31. The van der Waals surface area contributed by atoms with Gasteiger partial charge in [0.05, 0.1) is 0 Å². The summed E-state index contributed by atoms with van der Waals surface area (Å²) in [6, 6.07) is 0. The number of esters is 1. The highest BCUT2D eigenvalue weighted by molar-refractivity contribution is 5.78. The van der Waals surface area contributed by atoms with Gasteiger partial charge < -0.3 is 4.74 Å². The molecule has 0 spiro atoms. The maximum atomic E-state index is 10.9. The number of Topliss-reactive ketones (excluding diaryl/α,β-unsaturated/α-hetero) is 1. The lowest BCUT2D eigenvalue weighted by molar-refractivity contribution is -0.137. The quantitative estimate of drug-likeness (QED) is 0.514. The number of ketones is 1. The molecule has 0 amide bonds. The zero-order valence-electron chi connectivity index (χ0n) is 9.51. The minimum atomic E-state index is -0.336. The van der Waals surface area contributed by atoms with E-state index in [9.17, 15) is 9.59 Å². The number of hydrogen-bond donors (Lipinski definition) is 0. The van der Waals surface area contributed by atoms with Crippen molar-refractivity contribution in [2.24, 2.45) is 5.92 Å². The van der Waals surface area contributed by atoms with Crippen LogP contribution < -0.4 is 0 Å². The van der Waals surface area contributed by atoms with Crippen molar-refractivity contribution < 1.29 is 14.3 Å². The van der Waals surface area contributed by atoms with Crippen molar-refractivity contribution in [3.63, 3.8) is 0 Å². The van der Waals surface area contributed by atoms with Crippen LogP contribution in [0.4, 0.5) is 0 Å². The number of hydrogen-bond acceptors (Lipinski definition) is 3. The van der Waals surface area contributed by atoms with Crippen molar-refractivity contribution in [3.8, 4) is 0 Å². The molecule has 0 aliphatic rings. The predicted molar refractivity (Wildman–Crippen MR) is 54.6 cm³/mol. The SMILES string of the molecule is CC(=O)C/C(C)=C(\OC(C)=O)C(C)C. The highest BCUT2D eigenvalue weighted by Crippen LogP contribution is 2.19. The Morgan fingerprint density at radius 1 is 1.14 bits per heavy atom. The molecule has 0 fully saturated rings. The molecule has 0 unspecified atom stereocenters. The van der Waals surface area contributed by atoms with Crippen molar-refractivity contribution in [1.29, 1.82) is 0 Å². The average molecular weight is 198 g/mol. The number of rotatable bonds is 4. The molecule has 0 radical (unpaired) electrons. The van der Waals surface area contributed by atoms with Gasteiger partial charge in [-0.25, -0.2) is 0 Å². The summed E-state index contributed by atoms with van der Waals surface area (Å²) in [5.74, 6) is 0.482. The van der Waals surface area contributed by atoms with Gasteiger partial charge in [-0.3, -0.25) is 9.59 Å². The average Bonchev–Trinajstić information content (AvgIpc) is 1.97. The van der Waals surface area contributed by atoms with Gasteiger partial charge in [-0.15, -0.1) is 0 Å². The Balaban J connectivity index is 4.75. The molecular weight excluding hydrogens is 180 g/mol. The summed E-state index contributed by atoms with van der Waals surface area (Å²) in [7, 11) is 0. The summed E-state index contributed by atoms with van der Waals surface area (Å²) < 4.78 is 5.06. The maximum absolute atomic E-state index is 10.9. The van der Waals surface area contributed by atoms with Crippen molar-refractivity contribution in [2.75, 3.05) is 0 Å². The first-order valence-corrected chi connectivity index (χ1v) is 4.72. The van der Waals surface area contributed by atoms with Crippen LogP contribution in [0.2, 0.25) is 0 Å². The van der Waals surface area contributed by atoms with Gasteiger partial charge in [0.25, 0.3) is 0 Å². The fraction of sp³-hybridized carbons (Fsp3) is 0.636. The maximum Gasteiger partial charge on any atom is 0.307 e.